The molecule has 3 fully saturated rings. The Morgan fingerprint density at radius 2 is 1.75 bits per heavy atom. The number of alkyl carbamates (subject to hydrolysis) is 1. The minimum atomic E-state index is -3.91. The number of methoxy groups -OCH3 is 1. The lowest BCUT2D eigenvalue weighted by Crippen LogP contribution is -2.58. The molecule has 3 heterocycles. The Bertz CT molecular complexity index is 2160. The summed E-state index contributed by atoms with van der Waals surface area (Å²) in [6, 6.07) is 4.91. The number of pyridine rings is 1. The summed E-state index contributed by atoms with van der Waals surface area (Å²) in [5.74, 6) is -0.913. The first-order valence-corrected chi connectivity index (χ1v) is 23.4. The van der Waals surface area contributed by atoms with E-state index >= 15 is 0 Å². The van der Waals surface area contributed by atoms with Crippen LogP contribution in [-0.4, -0.2) is 95.1 Å². The SMILES string of the molecule is C=C[C@@H]1C[C@]1(NC(=O)[C@@H]1C[C@@H](Oc2cc(-c3csc(NC(=O)C(C)C)n3)nc3cc(OC)ccc23)CN1C(=O)[C@@H](NC(=O)OC1CCCC1)C(C)(C)C)P(=O)(OCC)OCC. The second-order valence-corrected chi connectivity index (χ2v) is 20.3. The van der Waals surface area contributed by atoms with E-state index in [0.717, 1.165) is 25.7 Å². The summed E-state index contributed by atoms with van der Waals surface area (Å²) < 4.78 is 43.8. The van der Waals surface area contributed by atoms with Crippen LogP contribution in [0.25, 0.3) is 22.3 Å². The number of aromatic nitrogens is 2. The van der Waals surface area contributed by atoms with Crippen LogP contribution in [0.2, 0.25) is 0 Å². The molecule has 2 saturated carbocycles. The number of hydrogen-bond acceptors (Lipinski definition) is 13. The predicted octanol–water partition coefficient (Wildman–Crippen LogP) is 7.68. The van der Waals surface area contributed by atoms with E-state index in [9.17, 15) is 23.7 Å². The lowest BCUT2D eigenvalue weighted by Gasteiger charge is -2.36. The van der Waals surface area contributed by atoms with E-state index in [-0.39, 0.29) is 50.5 Å². The molecule has 6 rings (SSSR count). The van der Waals surface area contributed by atoms with Crippen LogP contribution in [-0.2, 0) is 32.7 Å². The van der Waals surface area contributed by atoms with Crippen LogP contribution in [0.5, 0.6) is 11.5 Å². The highest BCUT2D eigenvalue weighted by Crippen LogP contribution is 2.72. The highest BCUT2D eigenvalue weighted by Gasteiger charge is 2.68. The van der Waals surface area contributed by atoms with Crippen LogP contribution in [0, 0.1) is 17.3 Å². The molecule has 16 nitrogen and oxygen atoms in total. The molecular formula is C43H59N6O10PS. The topological polar surface area (TPSA) is 197 Å². The Balaban J connectivity index is 1.35. The van der Waals surface area contributed by atoms with E-state index in [0.29, 0.717) is 38.9 Å². The van der Waals surface area contributed by atoms with E-state index in [1.54, 1.807) is 64.5 Å². The average Bonchev–Trinajstić information content (AvgIpc) is 3.62. The van der Waals surface area contributed by atoms with Crippen molar-refractivity contribution in [1.29, 1.82) is 0 Å². The smallest absolute Gasteiger partial charge is 0.408 e. The van der Waals surface area contributed by atoms with Crippen LogP contribution in [0.1, 0.15) is 87.0 Å². The first-order chi connectivity index (χ1) is 28.9. The van der Waals surface area contributed by atoms with Gasteiger partial charge in [-0.05, 0) is 63.5 Å². The fraction of sp³-hybridized carbons (Fsp3) is 0.581. The molecule has 18 heteroatoms. The monoisotopic (exact) mass is 882 g/mol. The second kappa shape index (κ2) is 18.8. The molecule has 3 N–H and O–H groups in total. The third-order valence-corrected chi connectivity index (χ3v) is 14.8. The van der Waals surface area contributed by atoms with E-state index in [4.69, 9.17) is 28.2 Å². The van der Waals surface area contributed by atoms with Crippen molar-refractivity contribution in [2.75, 3.05) is 32.2 Å². The Labute approximate surface area is 361 Å². The van der Waals surface area contributed by atoms with Gasteiger partial charge in [-0.15, -0.1) is 17.9 Å². The maximum Gasteiger partial charge on any atom is 0.408 e. The quantitative estimate of drug-likeness (QED) is 0.0885. The van der Waals surface area contributed by atoms with Crippen molar-refractivity contribution in [2.45, 2.75) is 117 Å². The van der Waals surface area contributed by atoms with E-state index in [2.05, 4.69) is 27.5 Å². The van der Waals surface area contributed by atoms with Crippen molar-refractivity contribution in [3.05, 3.63) is 42.3 Å². The number of amides is 4. The van der Waals surface area contributed by atoms with E-state index in [1.165, 1.54) is 16.2 Å². The van der Waals surface area contributed by atoms with Gasteiger partial charge in [0.1, 0.15) is 46.8 Å². The Hall–Kier alpha value is -4.57. The largest absolute Gasteiger partial charge is 0.497 e. The van der Waals surface area contributed by atoms with Crippen LogP contribution in [0.15, 0.2) is 42.3 Å². The van der Waals surface area contributed by atoms with Crippen LogP contribution in [0.4, 0.5) is 9.93 Å². The Morgan fingerprint density at radius 1 is 1.05 bits per heavy atom. The van der Waals surface area contributed by atoms with Gasteiger partial charge in [0.2, 0.25) is 17.7 Å². The van der Waals surface area contributed by atoms with Gasteiger partial charge in [0.05, 0.1) is 38.1 Å². The first-order valence-electron chi connectivity index (χ1n) is 21.0. The third kappa shape index (κ3) is 10.1. The number of ether oxygens (including phenoxy) is 3. The maximum atomic E-state index is 14.9. The summed E-state index contributed by atoms with van der Waals surface area (Å²) in [4.78, 5) is 66.2. The molecule has 2 aromatic heterocycles. The van der Waals surface area contributed by atoms with Crippen molar-refractivity contribution >= 4 is 58.8 Å². The molecule has 0 bridgehead atoms. The van der Waals surface area contributed by atoms with E-state index < -0.39 is 60.3 Å². The lowest BCUT2D eigenvalue weighted by atomic mass is 9.85. The molecule has 3 aromatic rings. The lowest BCUT2D eigenvalue weighted by molar-refractivity contribution is -0.142. The molecule has 1 aliphatic heterocycles. The third-order valence-electron chi connectivity index (χ3n) is 11.3. The maximum absolute atomic E-state index is 14.9. The van der Waals surface area contributed by atoms with Gasteiger partial charge in [0.25, 0.3) is 0 Å². The number of nitrogens with zero attached hydrogens (tertiary/aromatic N) is 3. The summed E-state index contributed by atoms with van der Waals surface area (Å²) in [5, 5.41) is 10.1. The average molecular weight is 883 g/mol. The number of benzene rings is 1. The molecule has 0 radical (unpaired) electrons. The summed E-state index contributed by atoms with van der Waals surface area (Å²) in [6.45, 7) is 16.5. The normalized spacial score (nSPS) is 22.2. The number of rotatable bonds is 17. The van der Waals surface area contributed by atoms with Crippen LogP contribution < -0.4 is 25.4 Å². The molecule has 0 spiro atoms. The van der Waals surface area contributed by atoms with Crippen LogP contribution >= 0.6 is 18.9 Å². The van der Waals surface area contributed by atoms with Crippen molar-refractivity contribution in [1.82, 2.24) is 25.5 Å². The Kier molecular flexibility index (Phi) is 14.2. The Morgan fingerprint density at radius 3 is 2.36 bits per heavy atom. The highest BCUT2D eigenvalue weighted by atomic mass is 32.1. The van der Waals surface area contributed by atoms with Gasteiger partial charge in [-0.3, -0.25) is 18.9 Å². The zero-order valence-corrected chi connectivity index (χ0v) is 38.0. The summed E-state index contributed by atoms with van der Waals surface area (Å²) in [6.07, 6.45) is 3.70. The van der Waals surface area contributed by atoms with Crippen molar-refractivity contribution in [3.63, 3.8) is 0 Å². The molecule has 2 aliphatic carbocycles. The summed E-state index contributed by atoms with van der Waals surface area (Å²) in [7, 11) is -2.35. The predicted molar refractivity (Wildman–Crippen MR) is 233 cm³/mol. The second-order valence-electron chi connectivity index (χ2n) is 17.1. The number of fused-ring (bicyclic) bond motifs is 1. The molecule has 4 amide bonds. The molecule has 332 valence electrons. The number of carbonyl (C=O) groups excluding carboxylic acids is 4. The molecule has 1 saturated heterocycles. The number of hydrogen-bond donors (Lipinski definition) is 3. The molecule has 1 aromatic carbocycles. The fourth-order valence-electron chi connectivity index (χ4n) is 7.89. The first kappa shape index (κ1) is 45.9. The zero-order valence-electron chi connectivity index (χ0n) is 36.3. The number of anilines is 1. The molecule has 0 unspecified atom stereocenters. The van der Waals surface area contributed by atoms with Gasteiger partial charge in [-0.25, -0.2) is 14.8 Å². The zero-order chi connectivity index (χ0) is 44.3. The summed E-state index contributed by atoms with van der Waals surface area (Å²) in [5.41, 5.74) is 0.707. The minimum Gasteiger partial charge on any atom is -0.497 e. The minimum absolute atomic E-state index is 0.0350. The van der Waals surface area contributed by atoms with Gasteiger partial charge in [-0.1, -0.05) is 40.7 Å². The standard InChI is InChI=1S/C43H59N6O10PS/c1-10-26-22-43(26,60(54,56-11-2)57-12-3)48-38(51)34-20-29(23-49(34)39(52)36(42(6,7)8)46-41(53)59-27-15-13-14-16-27)58-35-21-32(44-31-19-28(55-9)17-18-30(31)35)33-24-61-40(45-33)47-37(50)25(4)5/h10,17-19,21,24-27,29,34,36H,1,11-16,20,22-23H2,2-9H3,(H,46,53)(H,48,51)(H,45,47,50)/t26-,29-,34+,36-,43+/m1/s1. The van der Waals surface area contributed by atoms with Crippen molar-refractivity contribution in [3.8, 4) is 22.9 Å². The highest BCUT2D eigenvalue weighted by molar-refractivity contribution is 7.56. The van der Waals surface area contributed by atoms with Gasteiger partial charge in [0.15, 0.2) is 5.13 Å². The van der Waals surface area contributed by atoms with E-state index in [1.807, 2.05) is 26.8 Å². The number of carbonyl (C=O) groups is 4. The number of likely N-dealkylation sites (tertiary alicyclic amines) is 1. The molecular weight excluding hydrogens is 824 g/mol. The summed E-state index contributed by atoms with van der Waals surface area (Å²) >= 11 is 1.26. The van der Waals surface area contributed by atoms with Gasteiger partial charge >= 0.3 is 13.7 Å². The molecule has 3 aliphatic rings. The number of nitrogens with one attached hydrogen (secondary N) is 3. The molecule has 61 heavy (non-hydrogen) atoms. The van der Waals surface area contributed by atoms with Gasteiger partial charge in [0, 0.05) is 41.2 Å². The van der Waals surface area contributed by atoms with Crippen LogP contribution in [0.3, 0.4) is 0 Å². The van der Waals surface area contributed by atoms with Crippen molar-refractivity contribution in [2.24, 2.45) is 17.3 Å². The van der Waals surface area contributed by atoms with Gasteiger partial charge < -0.3 is 44.1 Å². The van der Waals surface area contributed by atoms with Crippen molar-refractivity contribution < 1.29 is 47.0 Å². The fourth-order valence-corrected chi connectivity index (χ4v) is 11.0. The van der Waals surface area contributed by atoms with Gasteiger partial charge in [-0.2, -0.15) is 0 Å². The number of thiazole rings is 1. The molecule has 5 atom stereocenters.